The van der Waals surface area contributed by atoms with Crippen LogP contribution in [0.1, 0.15) is 46.0 Å². The first-order valence-electron chi connectivity index (χ1n) is 5.77. The van der Waals surface area contributed by atoms with Crippen LogP contribution >= 0.6 is 0 Å². The fourth-order valence-electron chi connectivity index (χ4n) is 2.34. The molecule has 0 aromatic heterocycles. The van der Waals surface area contributed by atoms with Crippen LogP contribution in [0.2, 0.25) is 0 Å². The second-order valence-electron chi connectivity index (χ2n) is 4.02. The lowest BCUT2D eigenvalue weighted by atomic mass is 9.95. The molecule has 0 atom stereocenters. The van der Waals surface area contributed by atoms with Crippen molar-refractivity contribution in [1.82, 2.24) is 10.0 Å². The van der Waals surface area contributed by atoms with E-state index in [9.17, 15) is 0 Å². The average Bonchev–Trinajstić information content (AvgIpc) is 2.20. The highest BCUT2D eigenvalue weighted by Crippen LogP contribution is 2.22. The first kappa shape index (κ1) is 11.0. The Bertz CT molecular complexity index is 130. The summed E-state index contributed by atoms with van der Waals surface area (Å²) in [5.74, 6) is 0. The molecule has 0 saturated heterocycles. The second-order valence-corrected chi connectivity index (χ2v) is 4.02. The molecule has 78 valence electrons. The molecule has 0 aromatic carbocycles. The second kappa shape index (κ2) is 5.61. The van der Waals surface area contributed by atoms with Gasteiger partial charge in [-0.2, -0.15) is 0 Å². The van der Waals surface area contributed by atoms with E-state index in [1.807, 2.05) is 0 Å². The highest BCUT2D eigenvalue weighted by atomic mass is 15.6. The Morgan fingerprint density at radius 1 is 1.00 bits per heavy atom. The Hall–Kier alpha value is -0.0800. The lowest BCUT2D eigenvalue weighted by Gasteiger charge is -2.39. The lowest BCUT2D eigenvalue weighted by Crippen LogP contribution is -2.47. The van der Waals surface area contributed by atoms with Gasteiger partial charge in [-0.25, -0.2) is 10.0 Å². The van der Waals surface area contributed by atoms with E-state index in [0.717, 1.165) is 19.1 Å². The number of nitrogens with zero attached hydrogens (tertiary/aromatic N) is 2. The van der Waals surface area contributed by atoms with Crippen molar-refractivity contribution in [2.75, 3.05) is 20.1 Å². The minimum absolute atomic E-state index is 0.823. The Morgan fingerprint density at radius 2 is 1.62 bits per heavy atom. The maximum atomic E-state index is 2.54. The van der Waals surface area contributed by atoms with Gasteiger partial charge < -0.3 is 0 Å². The normalized spacial score (nSPS) is 20.1. The average molecular weight is 184 g/mol. The molecule has 0 heterocycles. The molecule has 0 unspecified atom stereocenters. The fourth-order valence-corrected chi connectivity index (χ4v) is 2.34. The molecular weight excluding hydrogens is 160 g/mol. The highest BCUT2D eigenvalue weighted by Gasteiger charge is 2.21. The summed E-state index contributed by atoms with van der Waals surface area (Å²) in [6.45, 7) is 6.78. The molecule has 0 bridgehead atoms. The van der Waals surface area contributed by atoms with Crippen molar-refractivity contribution < 1.29 is 0 Å². The zero-order valence-corrected chi connectivity index (χ0v) is 9.42. The van der Waals surface area contributed by atoms with Crippen molar-refractivity contribution >= 4 is 0 Å². The summed E-state index contributed by atoms with van der Waals surface area (Å²) >= 11 is 0. The molecule has 1 fully saturated rings. The molecule has 0 N–H and O–H groups in total. The minimum Gasteiger partial charge on any atom is -0.245 e. The summed E-state index contributed by atoms with van der Waals surface area (Å²) in [6, 6.07) is 0.823. The van der Waals surface area contributed by atoms with E-state index in [1.54, 1.807) is 0 Å². The molecule has 0 radical (unpaired) electrons. The largest absolute Gasteiger partial charge is 0.245 e. The topological polar surface area (TPSA) is 6.48 Å². The van der Waals surface area contributed by atoms with Crippen LogP contribution in [0.3, 0.4) is 0 Å². The number of rotatable bonds is 4. The zero-order chi connectivity index (χ0) is 9.68. The summed E-state index contributed by atoms with van der Waals surface area (Å²) in [4.78, 5) is 0. The van der Waals surface area contributed by atoms with Gasteiger partial charge in [-0.05, 0) is 12.8 Å². The van der Waals surface area contributed by atoms with Gasteiger partial charge in [0.05, 0.1) is 0 Å². The monoisotopic (exact) mass is 184 g/mol. The van der Waals surface area contributed by atoms with Crippen LogP contribution in [0.15, 0.2) is 0 Å². The third kappa shape index (κ3) is 2.96. The molecule has 13 heavy (non-hydrogen) atoms. The van der Waals surface area contributed by atoms with Gasteiger partial charge in [0.2, 0.25) is 0 Å². The minimum atomic E-state index is 0.823. The third-order valence-electron chi connectivity index (χ3n) is 3.22. The van der Waals surface area contributed by atoms with E-state index in [4.69, 9.17) is 0 Å². The van der Waals surface area contributed by atoms with Gasteiger partial charge in [-0.15, -0.1) is 0 Å². The van der Waals surface area contributed by atoms with Gasteiger partial charge in [0.1, 0.15) is 0 Å². The number of hydrogen-bond donors (Lipinski definition) is 0. The van der Waals surface area contributed by atoms with Crippen LogP contribution in [0.4, 0.5) is 0 Å². The molecule has 0 aliphatic heterocycles. The van der Waals surface area contributed by atoms with Crippen molar-refractivity contribution in [2.24, 2.45) is 0 Å². The van der Waals surface area contributed by atoms with Gasteiger partial charge in [0.15, 0.2) is 0 Å². The van der Waals surface area contributed by atoms with Crippen molar-refractivity contribution in [3.8, 4) is 0 Å². The maximum Gasteiger partial charge on any atom is 0.0245 e. The Balaban J connectivity index is 2.43. The standard InChI is InChI=1S/C11H24N2/c1-4-12(3)13(5-2)11-9-7-6-8-10-11/h11H,4-10H2,1-3H3. The highest BCUT2D eigenvalue weighted by molar-refractivity contribution is 4.73. The molecule has 2 heteroatoms. The van der Waals surface area contributed by atoms with Crippen LogP contribution in [0.25, 0.3) is 0 Å². The molecule has 1 saturated carbocycles. The van der Waals surface area contributed by atoms with Crippen LogP contribution in [0, 0.1) is 0 Å². The molecule has 0 aromatic rings. The summed E-state index contributed by atoms with van der Waals surface area (Å²) in [5.41, 5.74) is 0. The molecule has 1 rings (SSSR count). The van der Waals surface area contributed by atoms with Crippen molar-refractivity contribution in [3.05, 3.63) is 0 Å². The van der Waals surface area contributed by atoms with Gasteiger partial charge >= 0.3 is 0 Å². The molecule has 1 aliphatic rings. The molecule has 1 aliphatic carbocycles. The summed E-state index contributed by atoms with van der Waals surface area (Å²) in [5, 5.41) is 4.91. The van der Waals surface area contributed by atoms with E-state index in [-0.39, 0.29) is 0 Å². The summed E-state index contributed by atoms with van der Waals surface area (Å²) in [6.07, 6.45) is 7.11. The first-order valence-corrected chi connectivity index (χ1v) is 5.77. The van der Waals surface area contributed by atoms with E-state index in [2.05, 4.69) is 30.9 Å². The Morgan fingerprint density at radius 3 is 2.08 bits per heavy atom. The zero-order valence-electron chi connectivity index (χ0n) is 9.42. The molecule has 2 nitrogen and oxygen atoms in total. The van der Waals surface area contributed by atoms with Gasteiger partial charge in [-0.1, -0.05) is 33.1 Å². The predicted octanol–water partition coefficient (Wildman–Crippen LogP) is 2.51. The van der Waals surface area contributed by atoms with Gasteiger partial charge in [0.25, 0.3) is 0 Å². The van der Waals surface area contributed by atoms with Crippen molar-refractivity contribution in [3.63, 3.8) is 0 Å². The van der Waals surface area contributed by atoms with Gasteiger partial charge in [-0.3, -0.25) is 0 Å². The SMILES string of the molecule is CCN(C)N(CC)C1CCCCC1. The van der Waals surface area contributed by atoms with E-state index in [0.29, 0.717) is 0 Å². The third-order valence-corrected chi connectivity index (χ3v) is 3.22. The quantitative estimate of drug-likeness (QED) is 0.619. The summed E-state index contributed by atoms with van der Waals surface area (Å²) in [7, 11) is 2.21. The van der Waals surface area contributed by atoms with Crippen LogP contribution in [0.5, 0.6) is 0 Å². The van der Waals surface area contributed by atoms with E-state index < -0.39 is 0 Å². The van der Waals surface area contributed by atoms with Crippen LogP contribution < -0.4 is 0 Å². The fraction of sp³-hybridized carbons (Fsp3) is 1.00. The maximum absolute atomic E-state index is 2.54. The molecule has 0 spiro atoms. The van der Waals surface area contributed by atoms with Crippen molar-refractivity contribution in [2.45, 2.75) is 52.0 Å². The molecule has 0 amide bonds. The van der Waals surface area contributed by atoms with E-state index in [1.165, 1.54) is 32.1 Å². The number of hydrazine groups is 1. The van der Waals surface area contributed by atoms with Crippen LogP contribution in [-0.4, -0.2) is 36.2 Å². The summed E-state index contributed by atoms with van der Waals surface area (Å²) < 4.78 is 0. The first-order chi connectivity index (χ1) is 6.29. The predicted molar refractivity (Wildman–Crippen MR) is 57.6 cm³/mol. The van der Waals surface area contributed by atoms with E-state index >= 15 is 0 Å². The van der Waals surface area contributed by atoms with Gasteiger partial charge in [0, 0.05) is 26.2 Å². The smallest absolute Gasteiger partial charge is 0.0245 e. The molecular formula is C11H24N2. The Labute approximate surface area is 82.9 Å². The lowest BCUT2D eigenvalue weighted by molar-refractivity contribution is -0.0431. The van der Waals surface area contributed by atoms with Crippen molar-refractivity contribution in [1.29, 1.82) is 0 Å². The number of hydrogen-bond acceptors (Lipinski definition) is 2. The Kier molecular flexibility index (Phi) is 4.74. The van der Waals surface area contributed by atoms with Crippen LogP contribution in [-0.2, 0) is 0 Å².